The van der Waals surface area contributed by atoms with Crippen molar-refractivity contribution in [2.24, 2.45) is 57.3 Å². The lowest BCUT2D eigenvalue weighted by atomic mass is 9.89. The Labute approximate surface area is 789 Å². The Kier molecular flexibility index (Phi) is 69.6. The SMILES string of the molecule is CB(O)N1CC1.CB(O)NCCN(CCNB(C)O)CC(Cc1ccc([N+](=O)[O-])cc1)N(CCNB(C)O)CCNB(C)O.CO.COC(=O)C(N)Cc1ccc([N+](=O)[O-])cc1.N.NC(=O)C(N)Cc1ccc([N+](=O)[O-])cc1.NC(=O)C(N)Cc1ccc([N+](=O)[O-])cc1.NC(Cc1ccc([N+](=O)[O-])cc1)C(=O)O.NCCN(CCN)CC(Cc1ccc([N+](=O)[O-])cc1)N(CCN)CCN.[B]. The van der Waals surface area contributed by atoms with Crippen molar-refractivity contribution in [3.8, 4) is 0 Å². The number of rotatable bonds is 53. The molecule has 6 atom stereocenters. The van der Waals surface area contributed by atoms with E-state index >= 15 is 0 Å². The van der Waals surface area contributed by atoms with E-state index in [0.717, 1.165) is 87.2 Å². The Balaban J connectivity index is -0.00000158. The predicted molar refractivity (Wildman–Crippen MR) is 522 cm³/mol. The first kappa shape index (κ1) is 128. The Hall–Kier alpha value is -11.0. The highest BCUT2D eigenvalue weighted by molar-refractivity contribution is 6.46. The topological polar surface area (TPSA) is 837 Å². The fourth-order valence-electron chi connectivity index (χ4n) is 12.2. The van der Waals surface area contributed by atoms with Crippen molar-refractivity contribution in [1.82, 2.24) is 51.5 Å². The molecule has 135 heavy (non-hydrogen) atoms. The lowest BCUT2D eigenvalue weighted by molar-refractivity contribution is -0.385. The highest BCUT2D eigenvalue weighted by atomic mass is 16.6. The maximum absolute atomic E-state index is 11.1. The lowest BCUT2D eigenvalue weighted by Gasteiger charge is -2.36. The van der Waals surface area contributed by atoms with E-state index in [1.165, 1.54) is 79.9 Å². The molecule has 1 aliphatic heterocycles. The number of ether oxygens (including phenoxy) is 1. The molecule has 3 radical (unpaired) electrons. The number of nitrogens with one attached hydrogen (secondary N) is 4. The summed E-state index contributed by atoms with van der Waals surface area (Å²) in [5.41, 5.74) is 59.8. The zero-order valence-corrected chi connectivity index (χ0v) is 77.6. The summed E-state index contributed by atoms with van der Waals surface area (Å²) in [5.74, 6) is -2.77. The van der Waals surface area contributed by atoms with Gasteiger partial charge in [0.05, 0.1) is 48.7 Å². The molecule has 0 spiro atoms. The van der Waals surface area contributed by atoms with E-state index in [-0.39, 0.29) is 92.0 Å². The van der Waals surface area contributed by atoms with Crippen LogP contribution in [0, 0.1) is 60.7 Å². The molecule has 6 aromatic rings. The van der Waals surface area contributed by atoms with Gasteiger partial charge < -0.3 is 129 Å². The van der Waals surface area contributed by atoms with E-state index in [1.54, 1.807) is 94.8 Å². The van der Waals surface area contributed by atoms with E-state index < -0.39 is 101 Å². The molecule has 0 aliphatic carbocycles. The third-order valence-electron chi connectivity index (χ3n) is 19.3. The Bertz CT molecular complexity index is 4090. The average molecular weight is 1900 g/mol. The second-order valence-electron chi connectivity index (χ2n) is 30.2. The number of primary amides is 2. The summed E-state index contributed by atoms with van der Waals surface area (Å²) < 4.78 is 4.47. The van der Waals surface area contributed by atoms with Gasteiger partial charge in [0.15, 0.2) is 0 Å². The first-order valence-corrected chi connectivity index (χ1v) is 42.5. The van der Waals surface area contributed by atoms with Gasteiger partial charge in [0.25, 0.3) is 34.1 Å². The molecule has 1 aliphatic rings. The number of aliphatic hydroxyl groups excluding tert-OH is 1. The number of hydrogen-bond donors (Lipinski definition) is 22. The maximum atomic E-state index is 11.1. The fourth-order valence-corrected chi connectivity index (χ4v) is 12.2. The number of nitro benzene ring substituents is 6. The van der Waals surface area contributed by atoms with Gasteiger partial charge in [-0.05, 0) is 132 Å². The van der Waals surface area contributed by atoms with Crippen LogP contribution in [-0.4, -0.2) is 338 Å². The van der Waals surface area contributed by atoms with Crippen molar-refractivity contribution in [3.63, 3.8) is 0 Å². The molecule has 1 saturated heterocycles. The third kappa shape index (κ3) is 59.5. The Morgan fingerprint density at radius 3 is 0.793 bits per heavy atom. The number of aliphatic hydroxyl groups is 1. The second kappa shape index (κ2) is 73.4. The minimum Gasteiger partial charge on any atom is -0.480 e. The molecule has 0 saturated carbocycles. The maximum Gasteiger partial charge on any atom is 0.376 e. The van der Waals surface area contributed by atoms with Gasteiger partial charge in [0.2, 0.25) is 11.8 Å². The van der Waals surface area contributed by atoms with Crippen LogP contribution in [-0.2, 0) is 62.4 Å². The molecule has 50 nitrogen and oxygen atoms in total. The summed E-state index contributed by atoms with van der Waals surface area (Å²) in [7, 11) is -0.482. The molecule has 6 unspecified atom stereocenters. The first-order valence-electron chi connectivity index (χ1n) is 42.5. The van der Waals surface area contributed by atoms with E-state index in [0.29, 0.717) is 103 Å². The molecular formula is C79H137B6N26O24. The van der Waals surface area contributed by atoms with Gasteiger partial charge >= 0.3 is 47.2 Å². The van der Waals surface area contributed by atoms with Gasteiger partial charge in [0, 0.05) is 205 Å². The number of hydrogen-bond acceptors (Lipinski definition) is 41. The lowest BCUT2D eigenvalue weighted by Crippen LogP contribution is -2.53. The van der Waals surface area contributed by atoms with Crippen LogP contribution in [0.3, 0.4) is 0 Å². The monoisotopic (exact) mass is 1900 g/mol. The first-order chi connectivity index (χ1) is 62.9. The number of carbonyl (C=O) groups excluding carboxylic acids is 3. The number of nitrogens with two attached hydrogens (primary N) is 10. The van der Waals surface area contributed by atoms with Gasteiger partial charge in [-0.25, -0.2) is 0 Å². The molecule has 0 aromatic heterocycles. The molecule has 2 amide bonds. The summed E-state index contributed by atoms with van der Waals surface area (Å²) in [6, 6.07) is 33.4. The summed E-state index contributed by atoms with van der Waals surface area (Å²) in [6.07, 6.45) is 2.41. The molecule has 745 valence electrons. The number of esters is 1. The summed E-state index contributed by atoms with van der Waals surface area (Å²) in [6.45, 7) is 22.2. The van der Waals surface area contributed by atoms with Crippen molar-refractivity contribution in [1.29, 1.82) is 0 Å². The van der Waals surface area contributed by atoms with Crippen molar-refractivity contribution in [3.05, 3.63) is 240 Å². The number of amides is 2. The average Bonchev–Trinajstić information content (AvgIpc) is 1.43. The van der Waals surface area contributed by atoms with Gasteiger partial charge in [-0.2, -0.15) is 0 Å². The predicted octanol–water partition coefficient (Wildman–Crippen LogP) is -3.26. The summed E-state index contributed by atoms with van der Waals surface area (Å²) >= 11 is 0. The van der Waals surface area contributed by atoms with E-state index in [1.807, 2.05) is 16.9 Å². The van der Waals surface area contributed by atoms with Crippen LogP contribution in [0.2, 0.25) is 34.1 Å². The molecular weight excluding hydrogens is 1760 g/mol. The van der Waals surface area contributed by atoms with Crippen molar-refractivity contribution < 1.29 is 88.8 Å². The number of carboxylic acid groups (broad SMARTS) is 1. The second-order valence-corrected chi connectivity index (χ2v) is 30.2. The molecule has 34 N–H and O–H groups in total. The number of carboxylic acids is 1. The molecule has 1 heterocycles. The van der Waals surface area contributed by atoms with Gasteiger partial charge in [0.1, 0.15) is 12.1 Å². The number of nitrogens with zero attached hydrogens (tertiary/aromatic N) is 11. The molecule has 7 rings (SSSR count). The van der Waals surface area contributed by atoms with E-state index in [4.69, 9.17) is 72.6 Å². The number of carbonyl (C=O) groups is 4. The van der Waals surface area contributed by atoms with E-state index in [9.17, 15) is 100.0 Å². The molecule has 6 aromatic carbocycles. The standard InChI is InChI=1S/C21H45B4N7O6.C17H33N7O2.C10H12N2O4.2C9H11N3O3.C9H10N2O4.C3H8BNO.CH4O.B.H3N/c1-22(33)26-9-13-30(14-10-27-23(2)34)18-21(17-19-5-7-20(8-6-19)32(37)38)31(15-11-28-24(3)35)16-12-29-25(4)36;18-5-9-22(10-6-19)14-17(23(11-7-20)12-8-21)13-15-1-3-16(4-2-15)24(25)26;1-16-10(13)9(11)6-7-2-4-8(5-3-7)12(14)15;2*10-8(9(11)13)5-6-1-3-7(4-2-6)12(14)15;10-8(9(12)13)5-6-1-3-7(4-2-6)11(14)15;1-4(6)5-2-3-5;1-2;;/h5-8,21,26-29,33-36H,9-18H2,1-4H3;1-4,17H,5-14,18-21H2;2-5,9H,6,11H2,1H3;2*1-4,8H,5,10H2,(H2,11,13);1-4,8H,5,10H2,(H,12,13);6H,2-3H2,1H3;2H,1H3;;1H3. The molecule has 1 fully saturated rings. The van der Waals surface area contributed by atoms with Crippen LogP contribution in [0.15, 0.2) is 146 Å². The number of aliphatic carboxylic acids is 1. The Morgan fingerprint density at radius 2 is 0.600 bits per heavy atom. The quantitative estimate of drug-likeness (QED) is 0.00586. The smallest absolute Gasteiger partial charge is 0.376 e. The van der Waals surface area contributed by atoms with Crippen LogP contribution in [0.25, 0.3) is 0 Å². The Morgan fingerprint density at radius 1 is 0.385 bits per heavy atom. The van der Waals surface area contributed by atoms with Crippen LogP contribution < -0.4 is 84.4 Å². The highest BCUT2D eigenvalue weighted by Gasteiger charge is 2.28. The number of nitro groups is 6. The molecule has 56 heteroatoms. The number of benzene rings is 6. The third-order valence-corrected chi connectivity index (χ3v) is 19.3. The minimum atomic E-state index is -1.09. The normalized spacial score (nSPS) is 12.3. The van der Waals surface area contributed by atoms with Crippen molar-refractivity contribution in [2.75, 3.05) is 145 Å². The fraction of sp³-hybridized carbons (Fsp3) is 0.494. The van der Waals surface area contributed by atoms with E-state index in [2.05, 4.69) is 45.2 Å². The van der Waals surface area contributed by atoms with Crippen LogP contribution in [0.1, 0.15) is 33.4 Å². The molecule has 0 bridgehead atoms. The van der Waals surface area contributed by atoms with Crippen molar-refractivity contribution >= 4 is 102 Å². The van der Waals surface area contributed by atoms with Crippen molar-refractivity contribution in [2.45, 2.75) is 109 Å². The minimum absolute atomic E-state index is 0. The van der Waals surface area contributed by atoms with Gasteiger partial charge in [-0.15, -0.1) is 0 Å². The largest absolute Gasteiger partial charge is 0.480 e. The summed E-state index contributed by atoms with van der Waals surface area (Å²) in [4.78, 5) is 114. The highest BCUT2D eigenvalue weighted by Crippen LogP contribution is 2.21. The number of methoxy groups -OCH3 is 1. The zero-order chi connectivity index (χ0) is 101. The van der Waals surface area contributed by atoms with Crippen LogP contribution in [0.4, 0.5) is 34.1 Å². The van der Waals surface area contributed by atoms with Gasteiger partial charge in [-0.1, -0.05) is 72.8 Å². The van der Waals surface area contributed by atoms with Gasteiger partial charge in [-0.3, -0.25) is 99.5 Å². The summed E-state index contributed by atoms with van der Waals surface area (Å²) in [5, 5.41) is 138. The van der Waals surface area contributed by atoms with Crippen LogP contribution >= 0.6 is 0 Å². The van der Waals surface area contributed by atoms with Crippen LogP contribution in [0.5, 0.6) is 0 Å². The number of non-ortho nitro benzene ring substituents is 6. The zero-order valence-electron chi connectivity index (χ0n) is 77.6.